The Morgan fingerprint density at radius 2 is 0.556 bits per heavy atom. The Morgan fingerprint density at radius 1 is 0.389 bits per heavy atom. The average Bonchev–Trinajstić information content (AvgIpc) is 3.10. The van der Waals surface area contributed by atoms with Gasteiger partial charge < -0.3 is 19.8 Å². The fraction of sp³-hybridized carbons (Fsp3) is 0.130. The zero-order valence-corrected chi connectivity index (χ0v) is 36.6. The molecule has 0 unspecified atom stereocenters. The molecule has 0 spiro atoms. The second kappa shape index (κ2) is 24.6. The van der Waals surface area contributed by atoms with Gasteiger partial charge >= 0.3 is 40.8 Å². The molecule has 0 bridgehead atoms. The number of aliphatic carboxylic acids is 2. The number of carbonyl (C=O) groups is 2. The van der Waals surface area contributed by atoms with Crippen LogP contribution in [0, 0.1) is 41.5 Å². The second-order valence-corrected chi connectivity index (χ2v) is 17.0. The fourth-order valence-electron chi connectivity index (χ4n) is 5.81. The summed E-state index contributed by atoms with van der Waals surface area (Å²) in [7, 11) is -2.06. The van der Waals surface area contributed by atoms with Crippen LogP contribution in [0.3, 0.4) is 0 Å². The third-order valence-corrected chi connectivity index (χ3v) is 14.7. The van der Waals surface area contributed by atoms with Gasteiger partial charge in [-0.15, -0.1) is 12.1 Å². The first-order valence-electron chi connectivity index (χ1n) is 17.0. The van der Waals surface area contributed by atoms with Crippen molar-refractivity contribution < 1.29 is 60.6 Å². The molecule has 8 heteroatoms. The van der Waals surface area contributed by atoms with Gasteiger partial charge in [0.25, 0.3) is 0 Å². The third kappa shape index (κ3) is 14.4. The van der Waals surface area contributed by atoms with Gasteiger partial charge in [0.2, 0.25) is 0 Å². The Morgan fingerprint density at radius 3 is 0.741 bits per heavy atom. The average molecular weight is 940 g/mol. The van der Waals surface area contributed by atoms with Gasteiger partial charge in [-0.2, -0.15) is 37.1 Å². The summed E-state index contributed by atoms with van der Waals surface area (Å²) in [6.45, 7) is 19.3. The molecule has 0 aliphatic heterocycles. The second-order valence-electron chi connectivity index (χ2n) is 12.3. The van der Waals surface area contributed by atoms with Crippen molar-refractivity contribution in [2.24, 2.45) is 0 Å². The summed E-state index contributed by atoms with van der Waals surface area (Å²) < 4.78 is 0. The molecule has 0 saturated heterocycles. The zero-order chi connectivity index (χ0) is 38.2. The third-order valence-electron chi connectivity index (χ3n) is 8.23. The molecule has 0 fully saturated rings. The molecule has 4 nitrogen and oxygen atoms in total. The molecule has 0 aromatic heterocycles. The Kier molecular flexibility index (Phi) is 21.9. The Bertz CT molecular complexity index is 1710. The van der Waals surface area contributed by atoms with Gasteiger partial charge in [0.15, 0.2) is 0 Å². The van der Waals surface area contributed by atoms with Crippen molar-refractivity contribution >= 4 is 59.6 Å². The maximum absolute atomic E-state index is 8.89. The molecule has 6 rings (SSSR count). The van der Waals surface area contributed by atoms with Crippen molar-refractivity contribution in [3.05, 3.63) is 193 Å². The maximum Gasteiger partial charge on any atom is 2.00 e. The number of hydrogen-bond acceptors (Lipinski definition) is 4. The molecule has 0 heterocycles. The molecule has 0 saturated carbocycles. The number of hydrogen-bond donors (Lipinski definition) is 0. The topological polar surface area (TPSA) is 80.3 Å². The van der Waals surface area contributed by atoms with Crippen molar-refractivity contribution in [3.8, 4) is 0 Å². The Labute approximate surface area is 352 Å². The number of carbonyl (C=O) groups excluding carboxylic acids is 2. The van der Waals surface area contributed by atoms with Crippen molar-refractivity contribution in [3.63, 3.8) is 0 Å². The van der Waals surface area contributed by atoms with Crippen molar-refractivity contribution in [2.45, 2.75) is 41.5 Å². The number of carboxylic acid groups (broad SMARTS) is 2. The molecule has 0 N–H and O–H groups in total. The summed E-state index contributed by atoms with van der Waals surface area (Å²) in [5.74, 6) is -2.17. The van der Waals surface area contributed by atoms with Crippen LogP contribution in [0.2, 0.25) is 0 Å². The minimum atomic E-state index is -1.08. The summed E-state index contributed by atoms with van der Waals surface area (Å²) in [5, 5.41) is 26.4. The largest absolute Gasteiger partial charge is 2.00 e. The van der Waals surface area contributed by atoms with Crippen LogP contribution in [0.25, 0.3) is 0 Å². The summed E-state index contributed by atoms with van der Waals surface area (Å²) in [6, 6.07) is 52.2. The van der Waals surface area contributed by atoms with Crippen LogP contribution in [-0.2, 0) is 50.4 Å². The van der Waals surface area contributed by atoms with E-state index in [1.807, 2.05) is 0 Å². The Balaban J connectivity index is 0.000000437. The number of aryl methyl sites for hydroxylation is 4. The van der Waals surface area contributed by atoms with E-state index in [0.717, 1.165) is 25.0 Å². The van der Waals surface area contributed by atoms with Gasteiger partial charge in [0.05, 0.1) is 37.1 Å². The number of benzene rings is 6. The number of rotatable bonds is 6. The van der Waals surface area contributed by atoms with E-state index in [0.29, 0.717) is 0 Å². The van der Waals surface area contributed by atoms with E-state index in [1.165, 1.54) is 54.1 Å². The zero-order valence-electron chi connectivity index (χ0n) is 31.5. The Hall–Kier alpha value is -3.82. The molecule has 0 radical (unpaired) electrons. The SMILES string of the molecule is CC(=O)[O-].CC(=O)[O-].[CH2-]c1ccccc1[PH+](c1ccccc1C)c1ccccc1C.[CH2-]c1ccccc1[PH+](c1ccccc1C)c1ccccc1C.[Pd+2].[Pd+2]. The minimum absolute atomic E-state index is 0. The molecule has 0 atom stereocenters. The molecule has 54 heavy (non-hydrogen) atoms. The van der Waals surface area contributed by atoms with E-state index in [4.69, 9.17) is 19.8 Å². The van der Waals surface area contributed by atoms with Gasteiger partial charge in [-0.3, -0.25) is 0 Å². The van der Waals surface area contributed by atoms with Crippen molar-refractivity contribution in [2.75, 3.05) is 0 Å². The van der Waals surface area contributed by atoms with E-state index < -0.39 is 27.8 Å². The summed E-state index contributed by atoms with van der Waals surface area (Å²) in [5.41, 5.74) is 7.74. The maximum atomic E-state index is 8.89. The van der Waals surface area contributed by atoms with Gasteiger partial charge in [-0.25, -0.2) is 0 Å². The molecular weight excluding hydrogens is 891 g/mol. The van der Waals surface area contributed by atoms with Crippen LogP contribution < -0.4 is 42.0 Å². The molecule has 0 aliphatic rings. The molecular formula is C46H48O4P2Pd2+2. The van der Waals surface area contributed by atoms with E-state index in [2.05, 4.69) is 187 Å². The first-order valence-corrected chi connectivity index (χ1v) is 20.0. The van der Waals surface area contributed by atoms with Crippen LogP contribution in [0.5, 0.6) is 0 Å². The van der Waals surface area contributed by atoms with Crippen LogP contribution in [0.1, 0.15) is 47.2 Å². The minimum Gasteiger partial charge on any atom is -0.550 e. The quantitative estimate of drug-likeness (QED) is 0.126. The first kappa shape index (κ1) is 48.2. The van der Waals surface area contributed by atoms with Crippen molar-refractivity contribution in [1.29, 1.82) is 0 Å². The molecule has 6 aromatic rings. The van der Waals surface area contributed by atoms with Crippen LogP contribution >= 0.6 is 15.8 Å². The van der Waals surface area contributed by atoms with E-state index in [9.17, 15) is 0 Å². The van der Waals surface area contributed by atoms with Gasteiger partial charge in [-0.05, 0) is 88.1 Å². The van der Waals surface area contributed by atoms with E-state index in [1.54, 1.807) is 0 Å². The predicted molar refractivity (Wildman–Crippen MR) is 222 cm³/mol. The normalized spacial score (nSPS) is 9.78. The standard InChI is InChI=1S/2C21H20P.2C2H4O2.2Pd/c2*1-16-10-4-7-13-19(16)22(20-14-8-5-11-17(20)2)21-15-9-6-12-18(21)3;2*1-2(3)4;;/h2*4-15H,1H2,2-3H3;2*1H3,(H,3,4);;/q2*-1;;;2*+2. The predicted octanol–water partition coefficient (Wildman–Crippen LogP) is 5.46. The molecule has 0 amide bonds. The number of carboxylic acids is 2. The summed E-state index contributed by atoms with van der Waals surface area (Å²) in [6.07, 6.45) is 0. The smallest absolute Gasteiger partial charge is 0.550 e. The van der Waals surface area contributed by atoms with Gasteiger partial charge in [-0.1, -0.05) is 97.1 Å². The summed E-state index contributed by atoms with van der Waals surface area (Å²) in [4.78, 5) is 17.8. The first-order chi connectivity index (χ1) is 24.8. The fourth-order valence-corrected chi connectivity index (χ4v) is 11.9. The van der Waals surface area contributed by atoms with Gasteiger partial charge in [0.1, 0.15) is 0 Å². The van der Waals surface area contributed by atoms with E-state index >= 15 is 0 Å². The molecule has 6 aromatic carbocycles. The monoisotopic (exact) mass is 938 g/mol. The molecule has 284 valence electrons. The van der Waals surface area contributed by atoms with Crippen LogP contribution in [-0.4, -0.2) is 11.9 Å². The molecule has 0 aliphatic carbocycles. The van der Waals surface area contributed by atoms with Gasteiger partial charge in [0, 0.05) is 22.5 Å². The van der Waals surface area contributed by atoms with E-state index in [-0.39, 0.29) is 40.8 Å². The summed E-state index contributed by atoms with van der Waals surface area (Å²) >= 11 is 0. The van der Waals surface area contributed by atoms with Crippen LogP contribution in [0.15, 0.2) is 146 Å². The van der Waals surface area contributed by atoms with Crippen molar-refractivity contribution in [1.82, 2.24) is 0 Å². The van der Waals surface area contributed by atoms with Crippen LogP contribution in [0.4, 0.5) is 0 Å².